The SMILES string of the molecule is COc1cc(NC(=O)CCC(=O)c2ccc(C)c(C)c2)ccc1N1CCCC1=O. The number of amides is 2. The summed E-state index contributed by atoms with van der Waals surface area (Å²) < 4.78 is 5.41. The monoisotopic (exact) mass is 394 g/mol. The number of ether oxygens (including phenoxy) is 1. The number of nitrogens with zero attached hydrogens (tertiary/aromatic N) is 1. The largest absolute Gasteiger partial charge is 0.494 e. The van der Waals surface area contributed by atoms with Crippen molar-refractivity contribution in [2.24, 2.45) is 0 Å². The second kappa shape index (κ2) is 8.90. The summed E-state index contributed by atoms with van der Waals surface area (Å²) in [4.78, 5) is 38.3. The number of carbonyl (C=O) groups excluding carboxylic acids is 3. The van der Waals surface area contributed by atoms with Gasteiger partial charge in [-0.15, -0.1) is 0 Å². The molecule has 1 aliphatic rings. The van der Waals surface area contributed by atoms with Gasteiger partial charge in [0.25, 0.3) is 0 Å². The summed E-state index contributed by atoms with van der Waals surface area (Å²) in [6, 6.07) is 10.8. The Morgan fingerprint density at radius 3 is 2.52 bits per heavy atom. The minimum Gasteiger partial charge on any atom is -0.494 e. The fraction of sp³-hybridized carbons (Fsp3) is 0.348. The molecule has 6 nitrogen and oxygen atoms in total. The van der Waals surface area contributed by atoms with Crippen LogP contribution in [-0.2, 0) is 9.59 Å². The summed E-state index contributed by atoms with van der Waals surface area (Å²) in [5.74, 6) is 0.312. The molecule has 1 aliphatic heterocycles. The lowest BCUT2D eigenvalue weighted by atomic mass is 10.0. The van der Waals surface area contributed by atoms with Gasteiger partial charge in [0.2, 0.25) is 11.8 Å². The number of nitrogens with one attached hydrogen (secondary N) is 1. The van der Waals surface area contributed by atoms with Crippen molar-refractivity contribution in [1.29, 1.82) is 0 Å². The number of carbonyl (C=O) groups is 3. The number of benzene rings is 2. The zero-order chi connectivity index (χ0) is 21.0. The molecule has 2 aromatic carbocycles. The molecule has 1 saturated heterocycles. The highest BCUT2D eigenvalue weighted by Gasteiger charge is 2.24. The van der Waals surface area contributed by atoms with E-state index in [1.54, 1.807) is 29.2 Å². The van der Waals surface area contributed by atoms with E-state index in [9.17, 15) is 14.4 Å². The highest BCUT2D eigenvalue weighted by atomic mass is 16.5. The smallest absolute Gasteiger partial charge is 0.227 e. The average molecular weight is 394 g/mol. The molecule has 0 spiro atoms. The molecule has 152 valence electrons. The van der Waals surface area contributed by atoms with Crippen molar-refractivity contribution < 1.29 is 19.1 Å². The van der Waals surface area contributed by atoms with E-state index in [0.29, 0.717) is 35.7 Å². The maximum absolute atomic E-state index is 12.4. The van der Waals surface area contributed by atoms with Crippen LogP contribution >= 0.6 is 0 Å². The van der Waals surface area contributed by atoms with Crippen LogP contribution in [0.25, 0.3) is 0 Å². The Hall–Kier alpha value is -3.15. The Morgan fingerprint density at radius 2 is 1.86 bits per heavy atom. The fourth-order valence-corrected chi connectivity index (χ4v) is 3.39. The number of methoxy groups -OCH3 is 1. The van der Waals surface area contributed by atoms with Gasteiger partial charge in [0.15, 0.2) is 5.78 Å². The highest BCUT2D eigenvalue weighted by molar-refractivity contribution is 6.01. The molecule has 0 aromatic heterocycles. The molecule has 0 unspecified atom stereocenters. The minimum atomic E-state index is -0.241. The maximum Gasteiger partial charge on any atom is 0.227 e. The van der Waals surface area contributed by atoms with E-state index in [1.807, 2.05) is 26.0 Å². The first-order chi connectivity index (χ1) is 13.9. The first-order valence-electron chi connectivity index (χ1n) is 9.77. The lowest BCUT2D eigenvalue weighted by Crippen LogP contribution is -2.24. The van der Waals surface area contributed by atoms with Crippen LogP contribution in [0, 0.1) is 13.8 Å². The van der Waals surface area contributed by atoms with Crippen molar-refractivity contribution in [3.8, 4) is 5.75 Å². The number of rotatable bonds is 7. The predicted octanol–water partition coefficient (Wildman–Crippen LogP) is 4.04. The van der Waals surface area contributed by atoms with E-state index < -0.39 is 0 Å². The van der Waals surface area contributed by atoms with Crippen molar-refractivity contribution in [2.45, 2.75) is 39.5 Å². The Morgan fingerprint density at radius 1 is 1.07 bits per heavy atom. The number of hydrogen-bond acceptors (Lipinski definition) is 4. The van der Waals surface area contributed by atoms with Gasteiger partial charge >= 0.3 is 0 Å². The molecule has 2 amide bonds. The Labute approximate surface area is 170 Å². The fourth-order valence-electron chi connectivity index (χ4n) is 3.39. The molecule has 29 heavy (non-hydrogen) atoms. The second-order valence-corrected chi connectivity index (χ2v) is 7.31. The van der Waals surface area contributed by atoms with Crippen molar-refractivity contribution in [3.05, 3.63) is 53.1 Å². The predicted molar refractivity (Wildman–Crippen MR) is 113 cm³/mol. The lowest BCUT2D eigenvalue weighted by molar-refractivity contribution is -0.117. The van der Waals surface area contributed by atoms with Gasteiger partial charge in [-0.3, -0.25) is 14.4 Å². The van der Waals surface area contributed by atoms with Crippen LogP contribution in [0.2, 0.25) is 0 Å². The summed E-state index contributed by atoms with van der Waals surface area (Å²) >= 11 is 0. The standard InChI is InChI=1S/C23H26N2O4/c1-15-6-7-17(13-16(15)2)20(26)10-11-22(27)24-18-8-9-19(21(14-18)29-3)25-12-4-5-23(25)28/h6-9,13-14H,4-5,10-12H2,1-3H3,(H,24,27). The van der Waals surface area contributed by atoms with Crippen LogP contribution in [0.5, 0.6) is 5.75 Å². The van der Waals surface area contributed by atoms with Gasteiger partial charge < -0.3 is 15.0 Å². The summed E-state index contributed by atoms with van der Waals surface area (Å²) in [6.45, 7) is 4.63. The molecule has 1 fully saturated rings. The zero-order valence-corrected chi connectivity index (χ0v) is 17.1. The summed E-state index contributed by atoms with van der Waals surface area (Å²) in [5.41, 5.74) is 4.09. The zero-order valence-electron chi connectivity index (χ0n) is 17.1. The van der Waals surface area contributed by atoms with Gasteiger partial charge in [0, 0.05) is 43.1 Å². The van der Waals surface area contributed by atoms with E-state index >= 15 is 0 Å². The van der Waals surface area contributed by atoms with Crippen LogP contribution in [0.15, 0.2) is 36.4 Å². The average Bonchev–Trinajstić information content (AvgIpc) is 3.13. The van der Waals surface area contributed by atoms with Crippen LogP contribution in [-0.4, -0.2) is 31.3 Å². The number of hydrogen-bond donors (Lipinski definition) is 1. The van der Waals surface area contributed by atoms with Crippen molar-refractivity contribution in [3.63, 3.8) is 0 Å². The molecular formula is C23H26N2O4. The van der Waals surface area contributed by atoms with Crippen LogP contribution in [0.4, 0.5) is 11.4 Å². The highest BCUT2D eigenvalue weighted by Crippen LogP contribution is 2.33. The molecule has 3 rings (SSSR count). The molecule has 0 atom stereocenters. The summed E-state index contributed by atoms with van der Waals surface area (Å²) in [5, 5.41) is 2.80. The molecule has 1 heterocycles. The topological polar surface area (TPSA) is 75.7 Å². The van der Waals surface area contributed by atoms with Gasteiger partial charge in [-0.2, -0.15) is 0 Å². The van der Waals surface area contributed by atoms with Crippen LogP contribution < -0.4 is 15.0 Å². The first-order valence-corrected chi connectivity index (χ1v) is 9.77. The van der Waals surface area contributed by atoms with E-state index in [2.05, 4.69) is 5.32 Å². The van der Waals surface area contributed by atoms with E-state index in [1.165, 1.54) is 7.11 Å². The first kappa shape index (κ1) is 20.6. The van der Waals surface area contributed by atoms with Gasteiger partial charge in [-0.05, 0) is 49.6 Å². The van der Waals surface area contributed by atoms with Gasteiger partial charge in [-0.1, -0.05) is 12.1 Å². The Balaban J connectivity index is 1.60. The number of anilines is 2. The van der Waals surface area contributed by atoms with E-state index in [-0.39, 0.29) is 30.4 Å². The maximum atomic E-state index is 12.4. The summed E-state index contributed by atoms with van der Waals surface area (Å²) in [6.07, 6.45) is 1.61. The Bertz CT molecular complexity index is 952. The number of Topliss-reactive ketones (excluding diaryl/α,β-unsaturated/α-hetero) is 1. The third-order valence-corrected chi connectivity index (χ3v) is 5.24. The number of aryl methyl sites for hydroxylation is 2. The normalized spacial score (nSPS) is 13.5. The third kappa shape index (κ3) is 4.83. The molecule has 6 heteroatoms. The van der Waals surface area contributed by atoms with Crippen LogP contribution in [0.3, 0.4) is 0 Å². The van der Waals surface area contributed by atoms with Crippen molar-refractivity contribution >= 4 is 29.0 Å². The lowest BCUT2D eigenvalue weighted by Gasteiger charge is -2.19. The van der Waals surface area contributed by atoms with Gasteiger partial charge in [-0.25, -0.2) is 0 Å². The van der Waals surface area contributed by atoms with E-state index in [0.717, 1.165) is 17.5 Å². The quantitative estimate of drug-likeness (QED) is 0.719. The molecule has 0 radical (unpaired) electrons. The third-order valence-electron chi connectivity index (χ3n) is 5.24. The second-order valence-electron chi connectivity index (χ2n) is 7.31. The van der Waals surface area contributed by atoms with Gasteiger partial charge in [0.05, 0.1) is 12.8 Å². The molecule has 0 bridgehead atoms. The number of ketones is 1. The summed E-state index contributed by atoms with van der Waals surface area (Å²) in [7, 11) is 1.53. The van der Waals surface area contributed by atoms with E-state index in [4.69, 9.17) is 4.74 Å². The molecular weight excluding hydrogens is 368 g/mol. The molecule has 0 saturated carbocycles. The molecule has 0 aliphatic carbocycles. The Kier molecular flexibility index (Phi) is 6.32. The molecule has 2 aromatic rings. The minimum absolute atomic E-state index is 0.0521. The van der Waals surface area contributed by atoms with Gasteiger partial charge in [0.1, 0.15) is 5.75 Å². The van der Waals surface area contributed by atoms with Crippen molar-refractivity contribution in [2.75, 3.05) is 23.9 Å². The van der Waals surface area contributed by atoms with Crippen molar-refractivity contribution in [1.82, 2.24) is 0 Å². The van der Waals surface area contributed by atoms with Crippen LogP contribution in [0.1, 0.15) is 47.2 Å². The molecule has 1 N–H and O–H groups in total.